The van der Waals surface area contributed by atoms with Gasteiger partial charge in [-0.15, -0.1) is 0 Å². The van der Waals surface area contributed by atoms with Crippen molar-refractivity contribution in [1.29, 1.82) is 0 Å². The zero-order valence-corrected chi connectivity index (χ0v) is 17.5. The van der Waals surface area contributed by atoms with Gasteiger partial charge in [0.15, 0.2) is 5.96 Å². The van der Waals surface area contributed by atoms with Gasteiger partial charge in [-0.25, -0.2) is 0 Å². The molecule has 1 aromatic heterocycles. The van der Waals surface area contributed by atoms with Gasteiger partial charge in [-0.1, -0.05) is 6.07 Å². The minimum Gasteiger partial charge on any atom is -0.508 e. The number of aliphatic hydroxyl groups excluding tert-OH is 1. The van der Waals surface area contributed by atoms with Crippen molar-refractivity contribution >= 4 is 29.4 Å². The molecular weight excluding hydrogens is 432 g/mol. The first kappa shape index (κ1) is 23.5. The van der Waals surface area contributed by atoms with E-state index in [2.05, 4.69) is 31.2 Å². The third-order valence-electron chi connectivity index (χ3n) is 4.62. The van der Waals surface area contributed by atoms with E-state index < -0.39 is 36.5 Å². The molecule has 1 aliphatic rings. The van der Waals surface area contributed by atoms with Crippen LogP contribution in [0.5, 0.6) is 5.75 Å². The van der Waals surface area contributed by atoms with Crippen molar-refractivity contribution in [2.24, 2.45) is 4.99 Å². The summed E-state index contributed by atoms with van der Waals surface area (Å²) in [5, 5.41) is 39.3. The number of pyridine rings is 1. The zero-order chi connectivity index (χ0) is 23.8. The molecule has 3 rings (SSSR count). The van der Waals surface area contributed by atoms with Crippen LogP contribution >= 0.6 is 0 Å². The van der Waals surface area contributed by atoms with E-state index in [1.807, 2.05) is 0 Å². The molecule has 2 atom stereocenters. The Morgan fingerprint density at radius 2 is 2.06 bits per heavy atom. The predicted molar refractivity (Wildman–Crippen MR) is 118 cm³/mol. The van der Waals surface area contributed by atoms with Crippen molar-refractivity contribution in [3.8, 4) is 5.75 Å². The fraction of sp³-hybridized carbons (Fsp3) is 0.286. The van der Waals surface area contributed by atoms with Crippen molar-refractivity contribution in [3.05, 3.63) is 53.9 Å². The largest absolute Gasteiger partial charge is 0.508 e. The van der Waals surface area contributed by atoms with Crippen LogP contribution in [0.4, 0.5) is 5.69 Å². The number of hydrogen-bond acceptors (Lipinski definition) is 9. The van der Waals surface area contributed by atoms with Crippen molar-refractivity contribution < 1.29 is 29.7 Å². The molecule has 2 unspecified atom stereocenters. The van der Waals surface area contributed by atoms with Crippen LogP contribution in [-0.2, 0) is 9.59 Å². The molecule has 12 heteroatoms. The normalized spacial score (nSPS) is 16.0. The highest BCUT2D eigenvalue weighted by Crippen LogP contribution is 2.20. The van der Waals surface area contributed by atoms with E-state index in [9.17, 15) is 24.6 Å². The smallest absolute Gasteiger partial charge is 0.305 e. The lowest BCUT2D eigenvalue weighted by Gasteiger charge is -2.20. The minimum absolute atomic E-state index is 0.0936. The summed E-state index contributed by atoms with van der Waals surface area (Å²) in [4.78, 5) is 44.0. The Hall–Kier alpha value is -4.19. The number of carbonyl (C=O) groups excluding carboxylic acids is 2. The predicted octanol–water partition coefficient (Wildman–Crippen LogP) is -0.419. The number of nitrogens with one attached hydrogen (secondary N) is 4. The van der Waals surface area contributed by atoms with Gasteiger partial charge in [-0.3, -0.25) is 24.4 Å². The van der Waals surface area contributed by atoms with Gasteiger partial charge in [0, 0.05) is 36.3 Å². The number of aromatic nitrogens is 1. The van der Waals surface area contributed by atoms with Gasteiger partial charge in [0.05, 0.1) is 31.7 Å². The molecule has 0 bridgehead atoms. The fourth-order valence-electron chi connectivity index (χ4n) is 3.08. The first-order chi connectivity index (χ1) is 15.8. The van der Waals surface area contributed by atoms with E-state index in [4.69, 9.17) is 5.11 Å². The molecule has 0 aliphatic carbocycles. The number of anilines is 1. The average Bonchev–Trinajstić information content (AvgIpc) is 2.78. The van der Waals surface area contributed by atoms with E-state index in [-0.39, 0.29) is 24.3 Å². The van der Waals surface area contributed by atoms with Gasteiger partial charge < -0.3 is 36.6 Å². The van der Waals surface area contributed by atoms with Gasteiger partial charge in [-0.05, 0) is 23.8 Å². The standard InChI is InChI=1S/C21H24N6O6/c28-15-5-13(4-14(6-15)26-21-24-9-16(29)10-25-21)20(33)23-11-18(30)27-17(7-19(31)32)12-2-1-3-22-8-12/h1-6,8,16-17,28-29H,7,9-11H2,(H,23,33)(H,27,30)(H,31,32)(H2,24,25,26). The molecular formula is C21H24N6O6. The monoisotopic (exact) mass is 456 g/mol. The Bertz CT molecular complexity index is 1040. The minimum atomic E-state index is -1.10. The van der Waals surface area contributed by atoms with E-state index in [0.717, 1.165) is 0 Å². The number of aliphatic hydroxyl groups is 1. The highest BCUT2D eigenvalue weighted by atomic mass is 16.4. The molecule has 7 N–H and O–H groups in total. The summed E-state index contributed by atoms with van der Waals surface area (Å²) >= 11 is 0. The molecule has 2 amide bonds. The molecule has 33 heavy (non-hydrogen) atoms. The molecule has 2 aromatic rings. The number of hydrogen-bond donors (Lipinski definition) is 7. The number of rotatable bonds is 8. The molecule has 12 nitrogen and oxygen atoms in total. The van der Waals surface area contributed by atoms with Crippen LogP contribution in [0.1, 0.15) is 28.4 Å². The van der Waals surface area contributed by atoms with Gasteiger partial charge in [0.25, 0.3) is 5.91 Å². The highest BCUT2D eigenvalue weighted by molar-refractivity contribution is 6.00. The number of benzene rings is 1. The quantitative estimate of drug-likeness (QED) is 0.277. The van der Waals surface area contributed by atoms with Crippen molar-refractivity contribution in [1.82, 2.24) is 20.9 Å². The van der Waals surface area contributed by atoms with Crippen molar-refractivity contribution in [2.75, 3.05) is 25.0 Å². The second-order valence-corrected chi connectivity index (χ2v) is 7.30. The third kappa shape index (κ3) is 7.18. The molecule has 0 spiro atoms. The highest BCUT2D eigenvalue weighted by Gasteiger charge is 2.19. The summed E-state index contributed by atoms with van der Waals surface area (Å²) < 4.78 is 0. The van der Waals surface area contributed by atoms with E-state index >= 15 is 0 Å². The fourth-order valence-corrected chi connectivity index (χ4v) is 3.08. The van der Waals surface area contributed by atoms with Gasteiger partial charge in [0.2, 0.25) is 5.91 Å². The summed E-state index contributed by atoms with van der Waals surface area (Å²) in [5.41, 5.74) is 0.997. The number of guanidine groups is 1. The number of aliphatic carboxylic acids is 1. The number of carboxylic acid groups (broad SMARTS) is 1. The number of phenolic OH excluding ortho intramolecular Hbond substituents is 1. The number of amides is 2. The number of phenols is 1. The second kappa shape index (κ2) is 10.9. The number of β-amino-alcohol motifs (C(OH)–C–C–N with tert-alkyl or cyclic N) is 1. The maximum Gasteiger partial charge on any atom is 0.305 e. The Balaban J connectivity index is 1.59. The lowest BCUT2D eigenvalue weighted by Crippen LogP contribution is -2.42. The summed E-state index contributed by atoms with van der Waals surface area (Å²) in [6.45, 7) is 0.132. The molecule has 2 heterocycles. The first-order valence-corrected chi connectivity index (χ1v) is 10.1. The van der Waals surface area contributed by atoms with E-state index in [0.29, 0.717) is 23.8 Å². The van der Waals surface area contributed by atoms with Crippen LogP contribution < -0.4 is 21.3 Å². The van der Waals surface area contributed by atoms with Gasteiger partial charge in [0.1, 0.15) is 5.75 Å². The molecule has 0 radical (unpaired) electrons. The number of aliphatic imine (C=N–C) groups is 1. The van der Waals surface area contributed by atoms with Crippen molar-refractivity contribution in [3.63, 3.8) is 0 Å². The van der Waals surface area contributed by atoms with Crippen LogP contribution in [0.3, 0.4) is 0 Å². The molecule has 0 saturated carbocycles. The molecule has 0 fully saturated rings. The van der Waals surface area contributed by atoms with Crippen molar-refractivity contribution in [2.45, 2.75) is 18.6 Å². The Morgan fingerprint density at radius 3 is 2.73 bits per heavy atom. The van der Waals surface area contributed by atoms with E-state index in [1.54, 1.807) is 12.1 Å². The number of carbonyl (C=O) groups is 3. The maximum atomic E-state index is 12.5. The zero-order valence-electron chi connectivity index (χ0n) is 17.5. The molecule has 1 aromatic carbocycles. The molecule has 1 aliphatic heterocycles. The van der Waals surface area contributed by atoms with Crippen LogP contribution in [0.25, 0.3) is 0 Å². The third-order valence-corrected chi connectivity index (χ3v) is 4.62. The summed E-state index contributed by atoms with van der Waals surface area (Å²) in [5.74, 6) is -2.09. The Morgan fingerprint density at radius 1 is 1.24 bits per heavy atom. The second-order valence-electron chi connectivity index (χ2n) is 7.30. The summed E-state index contributed by atoms with van der Waals surface area (Å²) in [7, 11) is 0. The number of carboxylic acids is 1. The summed E-state index contributed by atoms with van der Waals surface area (Å²) in [6.07, 6.45) is 2.06. The molecule has 0 saturated heterocycles. The van der Waals surface area contributed by atoms with Crippen LogP contribution in [0.2, 0.25) is 0 Å². The maximum absolute atomic E-state index is 12.5. The van der Waals surface area contributed by atoms with Gasteiger partial charge >= 0.3 is 5.97 Å². The Labute approximate surface area is 188 Å². The van der Waals surface area contributed by atoms with E-state index in [1.165, 1.54) is 30.6 Å². The van der Waals surface area contributed by atoms with Crippen LogP contribution in [-0.4, -0.2) is 69.8 Å². The number of nitrogens with zero attached hydrogens (tertiary/aromatic N) is 2. The topological polar surface area (TPSA) is 185 Å². The molecule has 174 valence electrons. The Kier molecular flexibility index (Phi) is 7.76. The van der Waals surface area contributed by atoms with Crippen LogP contribution in [0, 0.1) is 0 Å². The number of aromatic hydroxyl groups is 1. The summed E-state index contributed by atoms with van der Waals surface area (Å²) in [6, 6.07) is 6.56. The van der Waals surface area contributed by atoms with Gasteiger partial charge in [-0.2, -0.15) is 0 Å². The lowest BCUT2D eigenvalue weighted by atomic mass is 10.1. The average molecular weight is 456 g/mol. The lowest BCUT2D eigenvalue weighted by molar-refractivity contribution is -0.137. The SMILES string of the molecule is O=C(O)CC(NC(=O)CNC(=O)c1cc(O)cc(NC2=NCC(O)CN2)c1)c1cccnc1. The van der Waals surface area contributed by atoms with Crippen LogP contribution in [0.15, 0.2) is 47.7 Å². The first-order valence-electron chi connectivity index (χ1n) is 10.1.